The highest BCUT2D eigenvalue weighted by molar-refractivity contribution is 5.96. The van der Waals surface area contributed by atoms with Gasteiger partial charge >= 0.3 is 0 Å². The smallest absolute Gasteiger partial charge is 0.288 e. The molecule has 0 aliphatic heterocycles. The van der Waals surface area contributed by atoms with Crippen molar-refractivity contribution in [1.29, 1.82) is 0 Å². The lowest BCUT2D eigenvalue weighted by atomic mass is 9.97. The molecule has 0 fully saturated rings. The third-order valence-corrected chi connectivity index (χ3v) is 5.10. The second kappa shape index (κ2) is 8.21. The van der Waals surface area contributed by atoms with Crippen LogP contribution in [0, 0.1) is 0 Å². The molecule has 0 unspecified atom stereocenters. The number of rotatable bonds is 4. The van der Waals surface area contributed by atoms with E-state index >= 15 is 0 Å². The Hall–Kier alpha value is -3.93. The summed E-state index contributed by atoms with van der Waals surface area (Å²) in [5.41, 5.74) is 6.75. The first-order valence-electron chi connectivity index (χ1n) is 9.59. The van der Waals surface area contributed by atoms with Crippen molar-refractivity contribution in [2.45, 2.75) is 12.8 Å². The van der Waals surface area contributed by atoms with Crippen molar-refractivity contribution in [2.75, 3.05) is 7.11 Å². The van der Waals surface area contributed by atoms with Crippen LogP contribution < -0.4 is 15.6 Å². The van der Waals surface area contributed by atoms with Crippen LogP contribution in [0.3, 0.4) is 0 Å². The lowest BCUT2D eigenvalue weighted by molar-refractivity contribution is -0.123. The van der Waals surface area contributed by atoms with Gasteiger partial charge in [-0.25, -0.2) is 4.98 Å². The van der Waals surface area contributed by atoms with Crippen LogP contribution in [0.4, 0.5) is 0 Å². The van der Waals surface area contributed by atoms with Gasteiger partial charge in [-0.05, 0) is 47.5 Å². The number of nitrogens with one attached hydrogen (secondary N) is 2. The molecule has 0 bridgehead atoms. The molecule has 2 N–H and O–H groups in total. The molecular formula is C24H21N3O3. The van der Waals surface area contributed by atoms with Crippen molar-refractivity contribution in [2.24, 2.45) is 0 Å². The third-order valence-electron chi connectivity index (χ3n) is 5.10. The van der Waals surface area contributed by atoms with Crippen LogP contribution in [-0.2, 0) is 4.79 Å². The number of carbonyl (C=O) groups is 2. The van der Waals surface area contributed by atoms with Crippen molar-refractivity contribution in [3.63, 3.8) is 0 Å². The molecule has 6 nitrogen and oxygen atoms in total. The molecule has 1 heterocycles. The minimum Gasteiger partial charge on any atom is -0.497 e. The summed E-state index contributed by atoms with van der Waals surface area (Å²) in [4.78, 5) is 29.3. The highest BCUT2D eigenvalue weighted by Gasteiger charge is 2.17. The van der Waals surface area contributed by atoms with E-state index in [1.54, 1.807) is 20.1 Å². The largest absolute Gasteiger partial charge is 0.497 e. The maximum Gasteiger partial charge on any atom is 0.288 e. The Labute approximate surface area is 173 Å². The lowest BCUT2D eigenvalue weighted by Gasteiger charge is -2.14. The van der Waals surface area contributed by atoms with Crippen LogP contribution in [0.15, 0.2) is 72.8 Å². The van der Waals surface area contributed by atoms with Crippen molar-refractivity contribution < 1.29 is 14.3 Å². The standard InChI is InChI=1S/C24H21N3O3/c1-15(17-7-8-19-14-20(30-2)11-9-18(19)13-17)23(28)26-27-24(29)22-12-10-16-5-3-4-6-21(16)25-22/h3-15H,1-2H3,(H,26,28)(H,27,29)/t15-/m0/s1. The van der Waals surface area contributed by atoms with E-state index in [1.807, 2.05) is 66.7 Å². The molecule has 0 aliphatic rings. The number of benzene rings is 3. The van der Waals surface area contributed by atoms with Crippen LogP contribution in [-0.4, -0.2) is 23.9 Å². The van der Waals surface area contributed by atoms with E-state index in [4.69, 9.17) is 4.74 Å². The van der Waals surface area contributed by atoms with E-state index < -0.39 is 11.8 Å². The quantitative estimate of drug-likeness (QED) is 0.509. The maximum atomic E-state index is 12.6. The number of ether oxygens (including phenoxy) is 1. The number of amides is 2. The Bertz CT molecular complexity index is 1250. The Morgan fingerprint density at radius 2 is 1.60 bits per heavy atom. The molecule has 0 spiro atoms. The summed E-state index contributed by atoms with van der Waals surface area (Å²) >= 11 is 0. The SMILES string of the molecule is COc1ccc2cc([C@H](C)C(=O)NNC(=O)c3ccc4ccccc4n3)ccc2c1. The molecule has 3 aromatic carbocycles. The summed E-state index contributed by atoms with van der Waals surface area (Å²) < 4.78 is 5.24. The maximum absolute atomic E-state index is 12.6. The number of hydrogen-bond acceptors (Lipinski definition) is 4. The summed E-state index contributed by atoms with van der Waals surface area (Å²) in [6.45, 7) is 1.79. The molecule has 0 saturated heterocycles. The van der Waals surface area contributed by atoms with E-state index in [2.05, 4.69) is 15.8 Å². The average Bonchev–Trinajstić information content (AvgIpc) is 2.80. The second-order valence-corrected chi connectivity index (χ2v) is 7.03. The first-order valence-corrected chi connectivity index (χ1v) is 9.59. The van der Waals surface area contributed by atoms with E-state index in [0.29, 0.717) is 0 Å². The van der Waals surface area contributed by atoms with Gasteiger partial charge in [0.25, 0.3) is 5.91 Å². The number of hydrogen-bond donors (Lipinski definition) is 2. The first-order chi connectivity index (χ1) is 14.5. The predicted octanol–water partition coefficient (Wildman–Crippen LogP) is 3.96. The van der Waals surface area contributed by atoms with Crippen LogP contribution in [0.25, 0.3) is 21.7 Å². The Balaban J connectivity index is 1.43. The number of carbonyl (C=O) groups excluding carboxylic acids is 2. The summed E-state index contributed by atoms with van der Waals surface area (Å²) in [5.74, 6) is -0.434. The van der Waals surface area contributed by atoms with Crippen molar-refractivity contribution in [3.8, 4) is 5.75 Å². The zero-order valence-electron chi connectivity index (χ0n) is 16.7. The Kier molecular flexibility index (Phi) is 5.30. The molecule has 6 heteroatoms. The molecule has 1 atom stereocenters. The highest BCUT2D eigenvalue weighted by atomic mass is 16.5. The van der Waals surface area contributed by atoms with Gasteiger partial charge in [0.1, 0.15) is 11.4 Å². The molecule has 1 aromatic heterocycles. The van der Waals surface area contributed by atoms with E-state index in [-0.39, 0.29) is 11.6 Å². The number of aromatic nitrogens is 1. The van der Waals surface area contributed by atoms with Gasteiger partial charge in [-0.1, -0.05) is 48.5 Å². The van der Waals surface area contributed by atoms with E-state index in [0.717, 1.165) is 33.0 Å². The monoisotopic (exact) mass is 399 g/mol. The molecule has 0 aliphatic carbocycles. The van der Waals surface area contributed by atoms with Crippen LogP contribution in [0.2, 0.25) is 0 Å². The highest BCUT2D eigenvalue weighted by Crippen LogP contribution is 2.25. The van der Waals surface area contributed by atoms with Crippen molar-refractivity contribution in [1.82, 2.24) is 15.8 Å². The fraction of sp³-hybridized carbons (Fsp3) is 0.125. The number of nitrogens with zero attached hydrogens (tertiary/aromatic N) is 1. The van der Waals surface area contributed by atoms with Gasteiger partial charge in [0.2, 0.25) is 5.91 Å². The molecule has 4 rings (SSSR count). The number of hydrazine groups is 1. The van der Waals surface area contributed by atoms with Crippen molar-refractivity contribution >= 4 is 33.5 Å². The second-order valence-electron chi connectivity index (χ2n) is 7.03. The molecular weight excluding hydrogens is 378 g/mol. The van der Waals surface area contributed by atoms with Gasteiger partial charge in [0.05, 0.1) is 18.5 Å². The number of para-hydroxylation sites is 1. The van der Waals surface area contributed by atoms with Crippen LogP contribution in [0.5, 0.6) is 5.75 Å². The van der Waals surface area contributed by atoms with Gasteiger partial charge in [-0.15, -0.1) is 0 Å². The van der Waals surface area contributed by atoms with Crippen molar-refractivity contribution in [3.05, 3.63) is 84.1 Å². The average molecular weight is 399 g/mol. The first kappa shape index (κ1) is 19.4. The topological polar surface area (TPSA) is 80.3 Å². The molecule has 0 radical (unpaired) electrons. The minimum atomic E-state index is -0.466. The number of pyridine rings is 1. The molecule has 30 heavy (non-hydrogen) atoms. The van der Waals surface area contributed by atoms with Gasteiger partial charge in [-0.2, -0.15) is 0 Å². The zero-order valence-corrected chi connectivity index (χ0v) is 16.7. The van der Waals surface area contributed by atoms with Gasteiger partial charge in [0.15, 0.2) is 0 Å². The summed E-state index contributed by atoms with van der Waals surface area (Å²) in [7, 11) is 1.63. The van der Waals surface area contributed by atoms with Gasteiger partial charge in [-0.3, -0.25) is 20.4 Å². The van der Waals surface area contributed by atoms with E-state index in [1.165, 1.54) is 0 Å². The third kappa shape index (κ3) is 3.93. The van der Waals surface area contributed by atoms with Crippen LogP contribution >= 0.6 is 0 Å². The fourth-order valence-corrected chi connectivity index (χ4v) is 3.27. The van der Waals surface area contributed by atoms with Gasteiger partial charge in [0, 0.05) is 5.39 Å². The molecule has 0 saturated carbocycles. The van der Waals surface area contributed by atoms with Crippen LogP contribution in [0.1, 0.15) is 28.9 Å². The number of methoxy groups -OCH3 is 1. The molecule has 150 valence electrons. The Morgan fingerprint density at radius 1 is 0.867 bits per heavy atom. The summed E-state index contributed by atoms with van der Waals surface area (Å²) in [6, 6.07) is 22.6. The fourth-order valence-electron chi connectivity index (χ4n) is 3.27. The summed E-state index contributed by atoms with van der Waals surface area (Å²) in [5, 5.41) is 2.99. The number of fused-ring (bicyclic) bond motifs is 2. The normalized spacial score (nSPS) is 11.8. The predicted molar refractivity (Wildman–Crippen MR) is 116 cm³/mol. The molecule has 2 amide bonds. The lowest BCUT2D eigenvalue weighted by Crippen LogP contribution is -2.43. The van der Waals surface area contributed by atoms with E-state index in [9.17, 15) is 9.59 Å². The minimum absolute atomic E-state index is 0.237. The summed E-state index contributed by atoms with van der Waals surface area (Å²) in [6.07, 6.45) is 0. The van der Waals surface area contributed by atoms with Gasteiger partial charge < -0.3 is 4.74 Å². The molecule has 4 aromatic rings. The Morgan fingerprint density at radius 3 is 2.43 bits per heavy atom. The zero-order chi connectivity index (χ0) is 21.1.